The zero-order valence-electron chi connectivity index (χ0n) is 25.1. The average Bonchev–Trinajstić information content (AvgIpc) is 3.45. The van der Waals surface area contributed by atoms with Gasteiger partial charge in [0.25, 0.3) is 0 Å². The van der Waals surface area contributed by atoms with Crippen LogP contribution in [0.5, 0.6) is 0 Å². The fourth-order valence-corrected chi connectivity index (χ4v) is 8.23. The summed E-state index contributed by atoms with van der Waals surface area (Å²) in [5.74, 6) is 1.22. The molecule has 0 aliphatic carbocycles. The first-order chi connectivity index (χ1) is 22.0. The van der Waals surface area contributed by atoms with Gasteiger partial charge in [0.05, 0.1) is 22.3 Å². The third kappa shape index (κ3) is 6.14. The van der Waals surface area contributed by atoms with Gasteiger partial charge in [-0.2, -0.15) is 0 Å². The number of aliphatic carboxylic acids is 1. The number of nitrogens with one attached hydrogen (secondary N) is 2. The molecule has 4 aromatic rings. The van der Waals surface area contributed by atoms with Crippen LogP contribution in [-0.4, -0.2) is 64.4 Å². The van der Waals surface area contributed by atoms with Gasteiger partial charge in [-0.25, -0.2) is 4.79 Å². The lowest BCUT2D eigenvalue weighted by molar-refractivity contribution is -0.140. The monoisotopic (exact) mass is 619 g/mol. The molecule has 0 amide bonds. The van der Waals surface area contributed by atoms with Crippen LogP contribution < -0.4 is 10.6 Å². The first-order valence-electron chi connectivity index (χ1n) is 15.2. The van der Waals surface area contributed by atoms with Crippen molar-refractivity contribution in [3.05, 3.63) is 149 Å². The molecule has 4 aromatic carbocycles. The van der Waals surface area contributed by atoms with E-state index in [-0.39, 0.29) is 0 Å². The predicted octanol–water partition coefficient (Wildman–Crippen LogP) is 5.06. The second kappa shape index (κ2) is 13.5. The number of carbonyl (C=O) groups is 1. The lowest BCUT2D eigenvalue weighted by atomic mass is 9.76. The standard InChI is InChI=1S/C37H37N3O4S/c1-40-23-22-36(31(24-40)25-41)35(44-26-27-14-6-2-7-15-27)38-33(45-36)32(34(42)43)39-37(28-16-8-3-9-17-28,29-18-10-4-11-19-29)30-20-12-5-13-21-30/h2-21,32-33,35,38-39H,22-24,26H2,1H3,(H,42,43). The van der Waals surface area contributed by atoms with E-state index in [1.807, 2.05) is 128 Å². The molecule has 0 saturated carbocycles. The highest BCUT2D eigenvalue weighted by Crippen LogP contribution is 2.50. The molecular weight excluding hydrogens is 582 g/mol. The number of likely N-dealkylation sites (tertiary alicyclic amines) is 1. The van der Waals surface area contributed by atoms with Gasteiger partial charge in [0.15, 0.2) is 0 Å². The van der Waals surface area contributed by atoms with Crippen molar-refractivity contribution in [3.63, 3.8) is 0 Å². The molecular formula is C37H37N3O4S. The van der Waals surface area contributed by atoms with Crippen LogP contribution in [0.4, 0.5) is 0 Å². The van der Waals surface area contributed by atoms with E-state index >= 15 is 0 Å². The van der Waals surface area contributed by atoms with Crippen LogP contribution in [0, 0.1) is 0 Å². The highest BCUT2D eigenvalue weighted by molar-refractivity contribution is 8.01. The van der Waals surface area contributed by atoms with Crippen molar-refractivity contribution in [2.45, 2.75) is 41.0 Å². The van der Waals surface area contributed by atoms with Crippen molar-refractivity contribution in [3.8, 4) is 0 Å². The molecule has 0 aromatic heterocycles. The van der Waals surface area contributed by atoms with Gasteiger partial charge in [-0.1, -0.05) is 121 Å². The maximum Gasteiger partial charge on any atom is 0.323 e. The van der Waals surface area contributed by atoms with Gasteiger partial charge < -0.3 is 14.7 Å². The Morgan fingerprint density at radius 1 is 0.956 bits per heavy atom. The van der Waals surface area contributed by atoms with E-state index in [0.717, 1.165) is 28.8 Å². The van der Waals surface area contributed by atoms with Crippen molar-refractivity contribution in [2.24, 2.45) is 0 Å². The summed E-state index contributed by atoms with van der Waals surface area (Å²) >= 11 is 1.47. The molecule has 2 heterocycles. The fraction of sp³-hybridized carbons (Fsp3) is 0.270. The Morgan fingerprint density at radius 2 is 1.47 bits per heavy atom. The Balaban J connectivity index is 1.43. The Morgan fingerprint density at radius 3 is 1.96 bits per heavy atom. The van der Waals surface area contributed by atoms with Crippen LogP contribution in [0.2, 0.25) is 0 Å². The summed E-state index contributed by atoms with van der Waals surface area (Å²) in [4.78, 5) is 27.9. The number of thioether (sulfide) groups is 1. The Labute approximate surface area is 268 Å². The number of piperidine rings is 1. The topological polar surface area (TPSA) is 90.9 Å². The van der Waals surface area contributed by atoms with E-state index in [0.29, 0.717) is 25.1 Å². The maximum atomic E-state index is 13.4. The minimum atomic E-state index is -1.08. The highest BCUT2D eigenvalue weighted by Gasteiger charge is 2.57. The van der Waals surface area contributed by atoms with E-state index < -0.39 is 33.9 Å². The Hall–Kier alpha value is -4.01. The fourth-order valence-electron chi connectivity index (χ4n) is 6.55. The predicted molar refractivity (Wildman–Crippen MR) is 177 cm³/mol. The smallest absolute Gasteiger partial charge is 0.323 e. The van der Waals surface area contributed by atoms with E-state index in [4.69, 9.17) is 4.74 Å². The molecule has 8 heteroatoms. The molecule has 4 unspecified atom stereocenters. The number of ether oxygens (including phenoxy) is 1. The van der Waals surface area contributed by atoms with Crippen LogP contribution in [0.15, 0.2) is 127 Å². The summed E-state index contributed by atoms with van der Waals surface area (Å²) in [6.45, 7) is 1.51. The van der Waals surface area contributed by atoms with Gasteiger partial charge in [0, 0.05) is 18.7 Å². The van der Waals surface area contributed by atoms with E-state index in [1.165, 1.54) is 11.8 Å². The van der Waals surface area contributed by atoms with E-state index in [1.54, 1.807) is 0 Å². The number of carboxylic acid groups (broad SMARTS) is 1. The lowest BCUT2D eigenvalue weighted by Crippen LogP contribution is -2.59. The summed E-state index contributed by atoms with van der Waals surface area (Å²) in [5.41, 5.74) is 3.32. The summed E-state index contributed by atoms with van der Waals surface area (Å²) in [7, 11) is 1.98. The molecule has 0 radical (unpaired) electrons. The quantitative estimate of drug-likeness (QED) is 0.168. The number of hydrogen-bond donors (Lipinski definition) is 3. The Bertz CT molecular complexity index is 1540. The molecule has 1 spiro atoms. The number of carboxylic acids is 1. The zero-order valence-corrected chi connectivity index (χ0v) is 26.0. The number of nitrogens with zero attached hydrogens (tertiary/aromatic N) is 1. The molecule has 230 valence electrons. The van der Waals surface area contributed by atoms with Crippen molar-refractivity contribution in [2.75, 3.05) is 20.1 Å². The normalized spacial score (nSPS) is 22.6. The number of benzene rings is 4. The molecule has 3 N–H and O–H groups in total. The highest BCUT2D eigenvalue weighted by atomic mass is 32.2. The molecule has 7 nitrogen and oxygen atoms in total. The van der Waals surface area contributed by atoms with Crippen molar-refractivity contribution in [1.82, 2.24) is 15.5 Å². The van der Waals surface area contributed by atoms with Crippen LogP contribution >= 0.6 is 11.8 Å². The van der Waals surface area contributed by atoms with Gasteiger partial charge in [-0.15, -0.1) is 11.8 Å². The molecule has 45 heavy (non-hydrogen) atoms. The van der Waals surface area contributed by atoms with Crippen LogP contribution in [0.25, 0.3) is 0 Å². The third-order valence-corrected chi connectivity index (χ3v) is 10.6. The summed E-state index contributed by atoms with van der Waals surface area (Å²) in [5, 5.41) is 17.5. The third-order valence-electron chi connectivity index (χ3n) is 8.82. The summed E-state index contributed by atoms with van der Waals surface area (Å²) in [6.07, 6.45) is 0.0241. The van der Waals surface area contributed by atoms with Crippen molar-refractivity contribution < 1.29 is 19.4 Å². The molecule has 6 rings (SSSR count). The zero-order chi connectivity index (χ0) is 31.3. The minimum absolute atomic E-state index is 0.322. The molecule has 2 aliphatic heterocycles. The Kier molecular flexibility index (Phi) is 9.33. The average molecular weight is 620 g/mol. The van der Waals surface area contributed by atoms with Crippen molar-refractivity contribution >= 4 is 23.7 Å². The first-order valence-corrected chi connectivity index (χ1v) is 16.0. The molecule has 2 fully saturated rings. The van der Waals surface area contributed by atoms with Gasteiger partial charge in [-0.05, 0) is 35.7 Å². The number of carbonyl (C=O) groups excluding carboxylic acids is 1. The summed E-state index contributed by atoms with van der Waals surface area (Å²) < 4.78 is 5.76. The SMILES string of the molecule is CN1CCC2(SC(C(NC(c3ccccc3)(c3ccccc3)c3ccccc3)C(=O)O)NC2OCc2ccccc2)C(=C=O)C1. The van der Waals surface area contributed by atoms with Gasteiger partial charge in [0.1, 0.15) is 18.2 Å². The molecule has 4 atom stereocenters. The second-order valence-electron chi connectivity index (χ2n) is 11.6. The van der Waals surface area contributed by atoms with Gasteiger partial charge in [-0.3, -0.25) is 15.4 Å². The van der Waals surface area contributed by atoms with Crippen molar-refractivity contribution in [1.29, 1.82) is 0 Å². The van der Waals surface area contributed by atoms with E-state index in [9.17, 15) is 14.7 Å². The number of hydrogen-bond acceptors (Lipinski definition) is 7. The van der Waals surface area contributed by atoms with Crippen LogP contribution in [-0.2, 0) is 26.5 Å². The number of rotatable bonds is 10. The minimum Gasteiger partial charge on any atom is -0.480 e. The largest absolute Gasteiger partial charge is 0.480 e. The maximum absolute atomic E-state index is 13.4. The van der Waals surface area contributed by atoms with Crippen LogP contribution in [0.1, 0.15) is 28.7 Å². The van der Waals surface area contributed by atoms with Crippen LogP contribution in [0.3, 0.4) is 0 Å². The molecule has 2 aliphatic rings. The first kappa shape index (κ1) is 31.0. The van der Waals surface area contributed by atoms with E-state index in [2.05, 4.69) is 21.5 Å². The van der Waals surface area contributed by atoms with Gasteiger partial charge in [0.2, 0.25) is 0 Å². The number of likely N-dealkylation sites (N-methyl/N-ethyl adjacent to an activating group) is 1. The van der Waals surface area contributed by atoms with Gasteiger partial charge >= 0.3 is 5.97 Å². The lowest BCUT2D eigenvalue weighted by Gasteiger charge is -2.41. The molecule has 2 saturated heterocycles. The second-order valence-corrected chi connectivity index (χ2v) is 13.1. The molecule has 0 bridgehead atoms. The summed E-state index contributed by atoms with van der Waals surface area (Å²) in [6, 6.07) is 38.6.